The Bertz CT molecular complexity index is 345. The summed E-state index contributed by atoms with van der Waals surface area (Å²) in [7, 11) is 0. The fourth-order valence-electron chi connectivity index (χ4n) is 1.26. The Balaban J connectivity index is 5.27. The molecule has 0 N–H and O–H groups in total. The SMILES string of the molecule is CC(=O)O[C@@H]([C@H](C)OC=O)[C@@H](OC(C)=O)C(F)(Br)I. The molecule has 0 saturated carbocycles. The molecule has 0 aliphatic carbocycles. The molecule has 0 amide bonds. The van der Waals surface area contributed by atoms with Crippen molar-refractivity contribution in [1.82, 2.24) is 0 Å². The van der Waals surface area contributed by atoms with E-state index in [-0.39, 0.29) is 6.47 Å². The number of rotatable bonds is 7. The van der Waals surface area contributed by atoms with E-state index >= 15 is 0 Å². The molecule has 0 rings (SSSR count). The Kier molecular flexibility index (Phi) is 7.79. The highest BCUT2D eigenvalue weighted by atomic mass is 127. The van der Waals surface area contributed by atoms with Gasteiger partial charge in [0.2, 0.25) is 0 Å². The van der Waals surface area contributed by atoms with Crippen molar-refractivity contribution in [3.8, 4) is 0 Å². The van der Waals surface area contributed by atoms with Crippen molar-refractivity contribution in [2.24, 2.45) is 0 Å². The van der Waals surface area contributed by atoms with E-state index in [2.05, 4.69) is 20.7 Å². The van der Waals surface area contributed by atoms with Gasteiger partial charge in [-0.05, 0) is 45.4 Å². The van der Waals surface area contributed by atoms with E-state index in [0.717, 1.165) is 13.8 Å². The zero-order valence-electron chi connectivity index (χ0n) is 10.4. The van der Waals surface area contributed by atoms with Crippen LogP contribution in [0.2, 0.25) is 0 Å². The standard InChI is InChI=1S/C10H13BrFIO6/c1-5(17-4-14)8(18-6(2)15)9(10(11,12)13)19-7(3)16/h4-5,8-9H,1-3H3/t5-,8-,9+,10?/m0/s1. The molecule has 0 aromatic rings. The van der Waals surface area contributed by atoms with Gasteiger partial charge < -0.3 is 14.2 Å². The van der Waals surface area contributed by atoms with E-state index in [4.69, 9.17) is 9.47 Å². The van der Waals surface area contributed by atoms with Crippen LogP contribution in [0.5, 0.6) is 0 Å². The summed E-state index contributed by atoms with van der Waals surface area (Å²) >= 11 is 4.02. The number of alkyl halides is 3. The molecule has 0 heterocycles. The van der Waals surface area contributed by atoms with Gasteiger partial charge in [-0.2, -0.15) is 0 Å². The normalized spacial score (nSPS) is 18.4. The van der Waals surface area contributed by atoms with Gasteiger partial charge in [-0.25, -0.2) is 4.39 Å². The molecule has 0 aliphatic heterocycles. The molecule has 4 atom stereocenters. The number of halogens is 3. The summed E-state index contributed by atoms with van der Waals surface area (Å²) in [6.45, 7) is 3.70. The summed E-state index contributed by atoms with van der Waals surface area (Å²) < 4.78 is 26.1. The minimum absolute atomic E-state index is 0.132. The van der Waals surface area contributed by atoms with Crippen LogP contribution in [0.15, 0.2) is 0 Å². The Morgan fingerprint density at radius 2 is 1.79 bits per heavy atom. The minimum atomic E-state index is -2.20. The Morgan fingerprint density at radius 3 is 2.11 bits per heavy atom. The maximum atomic E-state index is 14.0. The molecule has 0 spiro atoms. The van der Waals surface area contributed by atoms with E-state index in [1.807, 2.05) is 0 Å². The maximum absolute atomic E-state index is 14.0. The zero-order chi connectivity index (χ0) is 15.2. The lowest BCUT2D eigenvalue weighted by atomic mass is 10.1. The first-order valence-electron chi connectivity index (χ1n) is 5.09. The maximum Gasteiger partial charge on any atom is 0.303 e. The van der Waals surface area contributed by atoms with Crippen LogP contribution < -0.4 is 0 Å². The zero-order valence-corrected chi connectivity index (χ0v) is 14.1. The van der Waals surface area contributed by atoms with Gasteiger partial charge in [0.25, 0.3) is 9.06 Å². The highest BCUT2D eigenvalue weighted by Gasteiger charge is 2.47. The lowest BCUT2D eigenvalue weighted by Crippen LogP contribution is -2.49. The second-order valence-electron chi connectivity index (χ2n) is 3.58. The largest absolute Gasteiger partial charge is 0.461 e. The molecule has 9 heteroatoms. The van der Waals surface area contributed by atoms with Gasteiger partial charge in [-0.1, -0.05) is 0 Å². The average Bonchev–Trinajstić information content (AvgIpc) is 2.21. The predicted molar refractivity (Wildman–Crippen MR) is 74.5 cm³/mol. The van der Waals surface area contributed by atoms with Crippen molar-refractivity contribution in [1.29, 1.82) is 0 Å². The fourth-order valence-corrected chi connectivity index (χ4v) is 2.09. The molecule has 0 bridgehead atoms. The van der Waals surface area contributed by atoms with Crippen LogP contribution >= 0.6 is 38.5 Å². The van der Waals surface area contributed by atoms with Crippen LogP contribution in [0, 0.1) is 0 Å². The number of carbonyl (C=O) groups is 3. The third-order valence-corrected chi connectivity index (χ3v) is 3.01. The minimum Gasteiger partial charge on any atom is -0.461 e. The number of ether oxygens (including phenoxy) is 3. The van der Waals surface area contributed by atoms with Crippen molar-refractivity contribution in [2.45, 2.75) is 41.7 Å². The Morgan fingerprint density at radius 1 is 1.32 bits per heavy atom. The van der Waals surface area contributed by atoms with Gasteiger partial charge in [0, 0.05) is 13.8 Å². The molecule has 1 unspecified atom stereocenters. The van der Waals surface area contributed by atoms with E-state index in [1.54, 1.807) is 0 Å². The van der Waals surface area contributed by atoms with Crippen molar-refractivity contribution in [3.63, 3.8) is 0 Å². The second-order valence-corrected chi connectivity index (χ2v) is 7.79. The van der Waals surface area contributed by atoms with Crippen LogP contribution in [0.4, 0.5) is 4.39 Å². The van der Waals surface area contributed by atoms with Gasteiger partial charge in [0.1, 0.15) is 6.10 Å². The predicted octanol–water partition coefficient (Wildman–Crippen LogP) is 1.86. The molecule has 0 fully saturated rings. The van der Waals surface area contributed by atoms with Crippen LogP contribution in [0.1, 0.15) is 20.8 Å². The van der Waals surface area contributed by atoms with Crippen molar-refractivity contribution < 1.29 is 33.0 Å². The number of carbonyl (C=O) groups excluding carboxylic acids is 3. The molecule has 0 aromatic heterocycles. The van der Waals surface area contributed by atoms with E-state index in [0.29, 0.717) is 0 Å². The van der Waals surface area contributed by atoms with Crippen LogP contribution in [0.3, 0.4) is 0 Å². The molecular formula is C10H13BrFIO6. The highest BCUT2D eigenvalue weighted by molar-refractivity contribution is 14.1. The lowest BCUT2D eigenvalue weighted by molar-refractivity contribution is -0.181. The molecule has 0 radical (unpaired) electrons. The molecule has 0 aliphatic rings. The summed E-state index contributed by atoms with van der Waals surface area (Å²) in [5.41, 5.74) is 0. The quantitative estimate of drug-likeness (QED) is 0.192. The topological polar surface area (TPSA) is 78.9 Å². The molecule has 6 nitrogen and oxygen atoms in total. The summed E-state index contributed by atoms with van der Waals surface area (Å²) in [5.74, 6) is -1.49. The van der Waals surface area contributed by atoms with Crippen molar-refractivity contribution in [3.05, 3.63) is 0 Å². The first-order valence-corrected chi connectivity index (χ1v) is 6.97. The summed E-state index contributed by atoms with van der Waals surface area (Å²) in [6.07, 6.45) is -3.76. The van der Waals surface area contributed by atoms with Gasteiger partial charge in [-0.3, -0.25) is 14.4 Å². The van der Waals surface area contributed by atoms with Crippen LogP contribution in [-0.2, 0) is 28.6 Å². The van der Waals surface area contributed by atoms with Gasteiger partial charge in [0.05, 0.1) is 0 Å². The van der Waals surface area contributed by atoms with E-state index in [9.17, 15) is 18.8 Å². The molecule has 110 valence electrons. The number of esters is 2. The summed E-state index contributed by atoms with van der Waals surface area (Å²) in [5, 5.41) is 0. The third kappa shape index (κ3) is 7.04. The van der Waals surface area contributed by atoms with Crippen LogP contribution in [0.25, 0.3) is 0 Å². The van der Waals surface area contributed by atoms with Gasteiger partial charge in [0.15, 0.2) is 12.2 Å². The first-order chi connectivity index (χ1) is 8.59. The molecular weight excluding hydrogens is 442 g/mol. The van der Waals surface area contributed by atoms with Gasteiger partial charge in [-0.15, -0.1) is 0 Å². The summed E-state index contributed by atoms with van der Waals surface area (Å²) in [6, 6.07) is 0. The monoisotopic (exact) mass is 454 g/mol. The fraction of sp³-hybridized carbons (Fsp3) is 0.700. The first kappa shape index (κ1) is 18.6. The van der Waals surface area contributed by atoms with E-state index < -0.39 is 32.8 Å². The molecule has 0 aromatic carbocycles. The van der Waals surface area contributed by atoms with E-state index in [1.165, 1.54) is 29.5 Å². The molecule has 19 heavy (non-hydrogen) atoms. The smallest absolute Gasteiger partial charge is 0.303 e. The van der Waals surface area contributed by atoms with Crippen LogP contribution in [-0.4, -0.2) is 39.3 Å². The van der Waals surface area contributed by atoms with Gasteiger partial charge >= 0.3 is 11.9 Å². The Labute approximate surface area is 131 Å². The second kappa shape index (κ2) is 7.98. The Hall–Kier alpha value is -0.450. The lowest BCUT2D eigenvalue weighted by Gasteiger charge is -2.32. The molecule has 0 saturated heterocycles. The number of hydrogen-bond acceptors (Lipinski definition) is 6. The highest BCUT2D eigenvalue weighted by Crippen LogP contribution is 2.38. The van der Waals surface area contributed by atoms with Crippen molar-refractivity contribution >= 4 is 56.9 Å². The summed E-state index contributed by atoms with van der Waals surface area (Å²) in [4.78, 5) is 32.4. The average molecular weight is 455 g/mol. The van der Waals surface area contributed by atoms with Crippen molar-refractivity contribution in [2.75, 3.05) is 0 Å². The third-order valence-electron chi connectivity index (χ3n) is 1.95. The number of hydrogen-bond donors (Lipinski definition) is 0.